The summed E-state index contributed by atoms with van der Waals surface area (Å²) in [7, 11) is 1.34. The molecule has 1 N–H and O–H groups in total. The van der Waals surface area contributed by atoms with Crippen LogP contribution < -0.4 is 5.32 Å². The Labute approximate surface area is 149 Å². The van der Waals surface area contributed by atoms with Gasteiger partial charge in [0, 0.05) is 25.8 Å². The molecule has 0 radical (unpaired) electrons. The van der Waals surface area contributed by atoms with Crippen LogP contribution in [-0.4, -0.2) is 54.3 Å². The lowest BCUT2D eigenvalue weighted by Crippen LogP contribution is -2.38. The zero-order valence-corrected chi connectivity index (χ0v) is 15.8. The van der Waals surface area contributed by atoms with Crippen LogP contribution in [0.15, 0.2) is 18.3 Å². The quantitative estimate of drug-likeness (QED) is 0.725. The van der Waals surface area contributed by atoms with Crippen LogP contribution >= 0.6 is 0 Å². The minimum atomic E-state index is -0.501. The molecule has 1 aromatic heterocycles. The summed E-state index contributed by atoms with van der Waals surface area (Å²) in [5, 5.41) is 2.76. The predicted octanol–water partition coefficient (Wildman–Crippen LogP) is 2.60. The van der Waals surface area contributed by atoms with Crippen molar-refractivity contribution in [3.05, 3.63) is 29.6 Å². The second-order valence-corrected chi connectivity index (χ2v) is 6.73. The Hall–Kier alpha value is -2.15. The van der Waals surface area contributed by atoms with Gasteiger partial charge in [-0.25, -0.2) is 9.59 Å². The Morgan fingerprint density at radius 2 is 1.96 bits per heavy atom. The number of nitrogens with one attached hydrogen (secondary N) is 1. The summed E-state index contributed by atoms with van der Waals surface area (Å²) in [6, 6.07) is 3.52. The second kappa shape index (κ2) is 9.98. The first-order chi connectivity index (χ1) is 11.7. The number of esters is 1. The third kappa shape index (κ3) is 8.49. The smallest absolute Gasteiger partial charge is 0.407 e. The average Bonchev–Trinajstić information content (AvgIpc) is 2.53. The Morgan fingerprint density at radius 1 is 1.24 bits per heavy atom. The van der Waals surface area contributed by atoms with E-state index < -0.39 is 17.7 Å². The van der Waals surface area contributed by atoms with Crippen molar-refractivity contribution < 1.29 is 19.1 Å². The van der Waals surface area contributed by atoms with Crippen LogP contribution in [0.1, 0.15) is 50.2 Å². The van der Waals surface area contributed by atoms with Gasteiger partial charge in [-0.3, -0.25) is 9.88 Å². The molecule has 25 heavy (non-hydrogen) atoms. The molecular weight excluding hydrogens is 322 g/mol. The van der Waals surface area contributed by atoms with Crippen molar-refractivity contribution in [3.63, 3.8) is 0 Å². The first kappa shape index (κ1) is 20.9. The van der Waals surface area contributed by atoms with Gasteiger partial charge < -0.3 is 14.8 Å². The summed E-state index contributed by atoms with van der Waals surface area (Å²) in [5.41, 5.74) is 0.789. The molecule has 7 heteroatoms. The average molecular weight is 351 g/mol. The van der Waals surface area contributed by atoms with Crippen LogP contribution in [0.4, 0.5) is 4.79 Å². The summed E-state index contributed by atoms with van der Waals surface area (Å²) in [5.74, 6) is -0.397. The van der Waals surface area contributed by atoms with Crippen molar-refractivity contribution in [1.29, 1.82) is 0 Å². The topological polar surface area (TPSA) is 80.8 Å². The first-order valence-electron chi connectivity index (χ1n) is 8.47. The van der Waals surface area contributed by atoms with Crippen LogP contribution in [0, 0.1) is 0 Å². The van der Waals surface area contributed by atoms with Gasteiger partial charge in [0.1, 0.15) is 5.60 Å². The number of pyridine rings is 1. The van der Waals surface area contributed by atoms with Gasteiger partial charge >= 0.3 is 12.1 Å². The van der Waals surface area contributed by atoms with E-state index in [1.54, 1.807) is 6.07 Å². The lowest BCUT2D eigenvalue weighted by molar-refractivity contribution is 0.0520. The second-order valence-electron chi connectivity index (χ2n) is 6.73. The zero-order chi connectivity index (χ0) is 18.9. The number of amides is 1. The van der Waals surface area contributed by atoms with Crippen LogP contribution in [0.25, 0.3) is 0 Å². The van der Waals surface area contributed by atoms with Crippen LogP contribution in [0.5, 0.6) is 0 Å². The molecule has 1 heterocycles. The van der Waals surface area contributed by atoms with Gasteiger partial charge in [0.25, 0.3) is 0 Å². The predicted molar refractivity (Wildman–Crippen MR) is 95.4 cm³/mol. The number of methoxy groups -OCH3 is 1. The molecule has 0 bridgehead atoms. The van der Waals surface area contributed by atoms with Crippen LogP contribution in [-0.2, 0) is 16.0 Å². The van der Waals surface area contributed by atoms with E-state index in [1.807, 2.05) is 26.8 Å². The van der Waals surface area contributed by atoms with Gasteiger partial charge in [0.05, 0.1) is 18.4 Å². The molecule has 7 nitrogen and oxygen atoms in total. The summed E-state index contributed by atoms with van der Waals surface area (Å²) in [6.45, 7) is 10.3. The number of carbonyl (C=O) groups excluding carboxylic acids is 2. The normalized spacial score (nSPS) is 11.3. The number of hydrogen-bond donors (Lipinski definition) is 1. The molecule has 0 spiro atoms. The summed E-state index contributed by atoms with van der Waals surface area (Å²) < 4.78 is 9.88. The highest BCUT2D eigenvalue weighted by atomic mass is 16.6. The van der Waals surface area contributed by atoms with E-state index in [1.165, 1.54) is 13.3 Å². The Morgan fingerprint density at radius 3 is 2.48 bits per heavy atom. The maximum Gasteiger partial charge on any atom is 0.407 e. The molecule has 140 valence electrons. The van der Waals surface area contributed by atoms with Gasteiger partial charge in [0.2, 0.25) is 0 Å². The van der Waals surface area contributed by atoms with Crippen molar-refractivity contribution in [2.75, 3.05) is 26.7 Å². The fourth-order valence-corrected chi connectivity index (χ4v) is 2.20. The van der Waals surface area contributed by atoms with E-state index in [-0.39, 0.29) is 0 Å². The van der Waals surface area contributed by atoms with E-state index in [0.29, 0.717) is 25.2 Å². The fraction of sp³-hybridized carbons (Fsp3) is 0.611. The van der Waals surface area contributed by atoms with Crippen molar-refractivity contribution in [2.45, 2.75) is 46.3 Å². The van der Waals surface area contributed by atoms with E-state index >= 15 is 0 Å². The number of alkyl carbamates (subject to hydrolysis) is 1. The number of nitrogens with zero attached hydrogens (tertiary/aromatic N) is 2. The molecule has 0 saturated heterocycles. The van der Waals surface area contributed by atoms with E-state index in [9.17, 15) is 9.59 Å². The molecule has 0 aliphatic heterocycles. The third-order valence-electron chi connectivity index (χ3n) is 3.27. The lowest BCUT2D eigenvalue weighted by atomic mass is 10.2. The summed E-state index contributed by atoms with van der Waals surface area (Å²) in [6.07, 6.45) is 2.10. The Balaban J connectivity index is 2.51. The molecule has 0 saturated carbocycles. The fourth-order valence-electron chi connectivity index (χ4n) is 2.20. The molecule has 1 amide bonds. The number of ether oxygens (including phenoxy) is 2. The lowest BCUT2D eigenvalue weighted by Gasteiger charge is -2.23. The first-order valence-corrected chi connectivity index (χ1v) is 8.47. The van der Waals surface area contributed by atoms with Gasteiger partial charge in [-0.15, -0.1) is 0 Å². The molecule has 0 aliphatic carbocycles. The van der Waals surface area contributed by atoms with E-state index in [2.05, 4.69) is 26.9 Å². The Bertz CT molecular complexity index is 552. The highest BCUT2D eigenvalue weighted by molar-refractivity contribution is 5.88. The standard InChI is InChI=1S/C18H29N3O4/c1-6-10-21(11-9-19-17(23)25-18(2,3)4)13-15-8-7-14(12-20-15)16(22)24-5/h7-8,12H,6,9-11,13H2,1-5H3,(H,19,23). The SMILES string of the molecule is CCCN(CCNC(=O)OC(C)(C)C)Cc1ccc(C(=O)OC)cn1. The molecule has 0 unspecified atom stereocenters. The number of rotatable bonds is 8. The van der Waals surface area contributed by atoms with E-state index in [0.717, 1.165) is 18.7 Å². The molecular formula is C18H29N3O4. The maximum atomic E-state index is 11.7. The van der Waals surface area contributed by atoms with Crippen molar-refractivity contribution >= 4 is 12.1 Å². The van der Waals surface area contributed by atoms with E-state index in [4.69, 9.17) is 4.74 Å². The van der Waals surface area contributed by atoms with Crippen molar-refractivity contribution in [1.82, 2.24) is 15.2 Å². The van der Waals surface area contributed by atoms with Gasteiger partial charge in [-0.1, -0.05) is 6.92 Å². The van der Waals surface area contributed by atoms with Gasteiger partial charge in [0.15, 0.2) is 0 Å². The van der Waals surface area contributed by atoms with Crippen LogP contribution in [0.2, 0.25) is 0 Å². The molecule has 1 rings (SSSR count). The van der Waals surface area contributed by atoms with Crippen molar-refractivity contribution in [3.8, 4) is 0 Å². The molecule has 0 aromatic carbocycles. The summed E-state index contributed by atoms with van der Waals surface area (Å²) >= 11 is 0. The highest BCUT2D eigenvalue weighted by Crippen LogP contribution is 2.07. The summed E-state index contributed by atoms with van der Waals surface area (Å²) in [4.78, 5) is 29.6. The zero-order valence-electron chi connectivity index (χ0n) is 15.8. The third-order valence-corrected chi connectivity index (χ3v) is 3.27. The van der Waals surface area contributed by atoms with Gasteiger partial charge in [-0.05, 0) is 45.9 Å². The molecule has 0 aliphatic rings. The largest absolute Gasteiger partial charge is 0.465 e. The number of aromatic nitrogens is 1. The van der Waals surface area contributed by atoms with Crippen LogP contribution in [0.3, 0.4) is 0 Å². The minimum absolute atomic E-state index is 0.397. The monoisotopic (exact) mass is 351 g/mol. The minimum Gasteiger partial charge on any atom is -0.465 e. The Kier molecular flexibility index (Phi) is 8.34. The molecule has 1 aromatic rings. The number of carbonyl (C=O) groups is 2. The van der Waals surface area contributed by atoms with Gasteiger partial charge in [-0.2, -0.15) is 0 Å². The molecule has 0 fully saturated rings. The molecule has 0 atom stereocenters. The van der Waals surface area contributed by atoms with Crippen molar-refractivity contribution in [2.24, 2.45) is 0 Å². The number of hydrogen-bond acceptors (Lipinski definition) is 6. The maximum absolute atomic E-state index is 11.7. The highest BCUT2D eigenvalue weighted by Gasteiger charge is 2.16.